The van der Waals surface area contributed by atoms with Gasteiger partial charge in [-0.2, -0.15) is 0 Å². The topological polar surface area (TPSA) is 73.8 Å². The Morgan fingerprint density at radius 1 is 1.29 bits per heavy atom. The van der Waals surface area contributed by atoms with E-state index in [2.05, 4.69) is 48.0 Å². The minimum absolute atomic E-state index is 0. The lowest BCUT2D eigenvalue weighted by atomic mass is 10.2. The van der Waals surface area contributed by atoms with Gasteiger partial charge >= 0.3 is 0 Å². The molecular formula is C15H26BrIN4O2S. The Hall–Kier alpha value is -0.390. The maximum atomic E-state index is 11.0. The van der Waals surface area contributed by atoms with Crippen LogP contribution in [-0.4, -0.2) is 52.2 Å². The van der Waals surface area contributed by atoms with E-state index in [0.717, 1.165) is 29.8 Å². The predicted octanol–water partition coefficient (Wildman–Crippen LogP) is 2.40. The second kappa shape index (κ2) is 12.0. The van der Waals surface area contributed by atoms with Gasteiger partial charge in [0.25, 0.3) is 0 Å². The van der Waals surface area contributed by atoms with Crippen molar-refractivity contribution in [3.63, 3.8) is 0 Å². The third-order valence-electron chi connectivity index (χ3n) is 2.99. The van der Waals surface area contributed by atoms with Gasteiger partial charge in [0, 0.05) is 37.7 Å². The smallest absolute Gasteiger partial charge is 0.208 e. The minimum atomic E-state index is -3.12. The first-order valence-corrected chi connectivity index (χ1v) is 10.2. The summed E-state index contributed by atoms with van der Waals surface area (Å²) in [4.78, 5) is 6.59. The van der Waals surface area contributed by atoms with Gasteiger partial charge in [-0.15, -0.1) is 24.0 Å². The Bertz CT molecular complexity index is 608. The molecule has 0 aromatic heterocycles. The normalized spacial score (nSPS) is 11.8. The van der Waals surface area contributed by atoms with Crippen LogP contribution >= 0.6 is 39.9 Å². The van der Waals surface area contributed by atoms with Crippen LogP contribution < -0.4 is 10.0 Å². The first-order valence-electron chi connectivity index (χ1n) is 7.50. The summed E-state index contributed by atoms with van der Waals surface area (Å²) in [5.41, 5.74) is 1.19. The number of hydrogen-bond acceptors (Lipinski definition) is 3. The molecule has 1 aromatic carbocycles. The van der Waals surface area contributed by atoms with Crippen LogP contribution in [0.1, 0.15) is 18.9 Å². The number of sulfonamides is 1. The zero-order valence-corrected chi connectivity index (χ0v) is 19.0. The largest absolute Gasteiger partial charge is 0.357 e. The first-order chi connectivity index (χ1) is 10.8. The van der Waals surface area contributed by atoms with Gasteiger partial charge < -0.3 is 10.2 Å². The monoisotopic (exact) mass is 532 g/mol. The predicted molar refractivity (Wildman–Crippen MR) is 114 cm³/mol. The molecule has 0 saturated carbocycles. The molecule has 0 fully saturated rings. The quantitative estimate of drug-likeness (QED) is 0.233. The van der Waals surface area contributed by atoms with E-state index in [0.29, 0.717) is 19.5 Å². The Labute approximate surface area is 170 Å². The van der Waals surface area contributed by atoms with Crippen LogP contribution in [-0.2, 0) is 16.6 Å². The average molecular weight is 533 g/mol. The Morgan fingerprint density at radius 2 is 1.92 bits per heavy atom. The number of benzene rings is 1. The molecule has 0 atom stereocenters. The maximum Gasteiger partial charge on any atom is 0.208 e. The molecule has 0 radical (unpaired) electrons. The van der Waals surface area contributed by atoms with Crippen molar-refractivity contribution in [1.82, 2.24) is 14.9 Å². The first kappa shape index (κ1) is 23.6. The molecule has 0 aliphatic rings. The van der Waals surface area contributed by atoms with Gasteiger partial charge in [-0.3, -0.25) is 4.99 Å². The van der Waals surface area contributed by atoms with Crippen LogP contribution in [0.4, 0.5) is 0 Å². The van der Waals surface area contributed by atoms with Gasteiger partial charge in [-0.25, -0.2) is 13.1 Å². The highest BCUT2D eigenvalue weighted by atomic mass is 127. The van der Waals surface area contributed by atoms with Gasteiger partial charge in [0.15, 0.2) is 5.96 Å². The van der Waals surface area contributed by atoms with E-state index in [-0.39, 0.29) is 24.0 Å². The Kier molecular flexibility index (Phi) is 11.8. The van der Waals surface area contributed by atoms with E-state index < -0.39 is 10.0 Å². The molecule has 0 aliphatic heterocycles. The molecular weight excluding hydrogens is 507 g/mol. The molecule has 0 heterocycles. The number of rotatable bonds is 8. The van der Waals surface area contributed by atoms with Crippen molar-refractivity contribution in [3.8, 4) is 0 Å². The van der Waals surface area contributed by atoms with Crippen molar-refractivity contribution in [2.75, 3.05) is 32.9 Å². The van der Waals surface area contributed by atoms with Crippen molar-refractivity contribution in [2.24, 2.45) is 4.99 Å². The summed E-state index contributed by atoms with van der Waals surface area (Å²) in [5.74, 6) is 0.815. The van der Waals surface area contributed by atoms with E-state index in [4.69, 9.17) is 0 Å². The van der Waals surface area contributed by atoms with Crippen LogP contribution in [0.5, 0.6) is 0 Å². The van der Waals surface area contributed by atoms with Gasteiger partial charge in [0.1, 0.15) is 0 Å². The summed E-state index contributed by atoms with van der Waals surface area (Å²) in [6.45, 7) is 4.52. The maximum absolute atomic E-state index is 11.0. The van der Waals surface area contributed by atoms with Crippen molar-refractivity contribution >= 4 is 55.9 Å². The van der Waals surface area contributed by atoms with Crippen LogP contribution in [0.25, 0.3) is 0 Å². The Balaban J connectivity index is 0.00000529. The number of nitrogens with one attached hydrogen (secondary N) is 2. The molecule has 0 bridgehead atoms. The number of hydrogen-bond donors (Lipinski definition) is 2. The molecule has 0 spiro atoms. The third kappa shape index (κ3) is 10.5. The lowest BCUT2D eigenvalue weighted by molar-refractivity contribution is 0.476. The van der Waals surface area contributed by atoms with Crippen LogP contribution in [0.3, 0.4) is 0 Å². The summed E-state index contributed by atoms with van der Waals surface area (Å²) in [6, 6.07) is 8.18. The molecule has 0 aliphatic carbocycles. The fourth-order valence-electron chi connectivity index (χ4n) is 1.93. The third-order valence-corrected chi connectivity index (χ3v) is 4.25. The summed E-state index contributed by atoms with van der Waals surface area (Å²) < 4.78 is 25.5. The highest BCUT2D eigenvalue weighted by Crippen LogP contribution is 2.11. The summed E-state index contributed by atoms with van der Waals surface area (Å²) in [6.07, 6.45) is 1.82. The number of guanidine groups is 1. The second-order valence-corrected chi connectivity index (χ2v) is 7.99. The summed E-state index contributed by atoms with van der Waals surface area (Å²) in [5, 5.41) is 3.25. The highest BCUT2D eigenvalue weighted by Gasteiger charge is 2.06. The van der Waals surface area contributed by atoms with Crippen molar-refractivity contribution < 1.29 is 8.42 Å². The number of aliphatic imine (C=N–C) groups is 1. The van der Waals surface area contributed by atoms with Crippen LogP contribution in [0.2, 0.25) is 0 Å². The lowest BCUT2D eigenvalue weighted by Gasteiger charge is -2.22. The zero-order chi connectivity index (χ0) is 17.3. The van der Waals surface area contributed by atoms with Crippen LogP contribution in [0, 0.1) is 0 Å². The highest BCUT2D eigenvalue weighted by molar-refractivity contribution is 14.0. The molecule has 6 nitrogen and oxygen atoms in total. The molecule has 24 heavy (non-hydrogen) atoms. The lowest BCUT2D eigenvalue weighted by Crippen LogP contribution is -2.38. The van der Waals surface area contributed by atoms with E-state index in [1.54, 1.807) is 0 Å². The van der Waals surface area contributed by atoms with Crippen molar-refractivity contribution in [3.05, 3.63) is 34.3 Å². The fraction of sp³-hybridized carbons (Fsp3) is 0.533. The number of halogens is 2. The average Bonchev–Trinajstić information content (AvgIpc) is 2.47. The molecule has 138 valence electrons. The molecule has 1 aromatic rings. The number of nitrogens with zero attached hydrogens (tertiary/aromatic N) is 2. The summed E-state index contributed by atoms with van der Waals surface area (Å²) in [7, 11) is -1.14. The van der Waals surface area contributed by atoms with Gasteiger partial charge in [0.05, 0.1) is 6.26 Å². The zero-order valence-electron chi connectivity index (χ0n) is 14.3. The van der Waals surface area contributed by atoms with Gasteiger partial charge in [-0.1, -0.05) is 28.1 Å². The second-order valence-electron chi connectivity index (χ2n) is 5.24. The fourth-order valence-corrected chi connectivity index (χ4v) is 2.71. The van der Waals surface area contributed by atoms with Gasteiger partial charge in [-0.05, 0) is 31.0 Å². The van der Waals surface area contributed by atoms with E-state index in [9.17, 15) is 8.42 Å². The molecule has 0 unspecified atom stereocenters. The molecule has 0 saturated heterocycles. The summed E-state index contributed by atoms with van der Waals surface area (Å²) >= 11 is 3.43. The SMILES string of the molecule is CCNC(=NCCCNS(C)(=O)=O)N(C)Cc1ccc(Br)cc1.I. The standard InChI is InChI=1S/C15H25BrN4O2S.HI/c1-4-17-15(18-10-5-11-19-23(3,21)22)20(2)12-13-6-8-14(16)9-7-13;/h6-9,19H,4-5,10-12H2,1-3H3,(H,17,18);1H. The van der Waals surface area contributed by atoms with Crippen molar-refractivity contribution in [2.45, 2.75) is 19.9 Å². The molecule has 0 amide bonds. The van der Waals surface area contributed by atoms with Gasteiger partial charge in [0.2, 0.25) is 10.0 Å². The minimum Gasteiger partial charge on any atom is -0.357 e. The van der Waals surface area contributed by atoms with E-state index >= 15 is 0 Å². The van der Waals surface area contributed by atoms with Crippen LogP contribution in [0.15, 0.2) is 33.7 Å². The van der Waals surface area contributed by atoms with E-state index in [1.807, 2.05) is 26.1 Å². The van der Waals surface area contributed by atoms with Crippen molar-refractivity contribution in [1.29, 1.82) is 0 Å². The Morgan fingerprint density at radius 3 is 2.46 bits per heavy atom. The molecule has 1 rings (SSSR count). The van der Waals surface area contributed by atoms with E-state index in [1.165, 1.54) is 5.56 Å². The molecule has 9 heteroatoms. The molecule has 2 N–H and O–H groups in total.